The van der Waals surface area contributed by atoms with Crippen LogP contribution in [0.4, 0.5) is 5.82 Å². The zero-order chi connectivity index (χ0) is 14.3. The minimum atomic E-state index is 0.204. The molecule has 0 aromatic carbocycles. The number of hydrogen-bond donors (Lipinski definition) is 0. The summed E-state index contributed by atoms with van der Waals surface area (Å²) in [6.07, 6.45) is 1.78. The second-order valence-electron chi connectivity index (χ2n) is 4.26. The van der Waals surface area contributed by atoms with Gasteiger partial charge in [-0.15, -0.1) is 11.6 Å². The third-order valence-electron chi connectivity index (χ3n) is 2.80. The molecule has 0 N–H and O–H groups in total. The van der Waals surface area contributed by atoms with Crippen LogP contribution in [0.25, 0.3) is 0 Å². The van der Waals surface area contributed by atoms with Crippen molar-refractivity contribution in [3.8, 4) is 0 Å². The molecule has 6 heteroatoms. The van der Waals surface area contributed by atoms with Crippen LogP contribution in [0.5, 0.6) is 0 Å². The van der Waals surface area contributed by atoms with Gasteiger partial charge in [-0.25, -0.2) is 4.98 Å². The average Bonchev–Trinajstić information content (AvgIpc) is 2.40. The Balaban J connectivity index is 3.01. The van der Waals surface area contributed by atoms with Gasteiger partial charge in [-0.3, -0.25) is 0 Å². The fourth-order valence-corrected chi connectivity index (χ4v) is 2.46. The Bertz CT molecular complexity index is 393. The van der Waals surface area contributed by atoms with Gasteiger partial charge in [0.1, 0.15) is 5.82 Å². The van der Waals surface area contributed by atoms with E-state index >= 15 is 0 Å². The van der Waals surface area contributed by atoms with Crippen molar-refractivity contribution >= 4 is 33.3 Å². The number of methoxy groups -OCH3 is 2. The second-order valence-corrected chi connectivity index (χ2v) is 5.44. The molecule has 0 bridgehead atoms. The van der Waals surface area contributed by atoms with E-state index in [1.165, 1.54) is 0 Å². The number of pyridine rings is 1. The molecule has 1 unspecified atom stereocenters. The number of halogens is 2. The third kappa shape index (κ3) is 4.91. The first-order valence-electron chi connectivity index (χ1n) is 6.09. The van der Waals surface area contributed by atoms with Crippen molar-refractivity contribution in [2.75, 3.05) is 38.9 Å². The van der Waals surface area contributed by atoms with Crippen LogP contribution in [0.2, 0.25) is 0 Å². The highest BCUT2D eigenvalue weighted by Crippen LogP contribution is 2.24. The van der Waals surface area contributed by atoms with E-state index in [1.54, 1.807) is 20.4 Å². The lowest BCUT2D eigenvalue weighted by atomic mass is 10.2. The van der Waals surface area contributed by atoms with E-state index in [0.717, 1.165) is 22.4 Å². The van der Waals surface area contributed by atoms with E-state index in [0.29, 0.717) is 19.1 Å². The molecule has 1 heterocycles. The summed E-state index contributed by atoms with van der Waals surface area (Å²) in [5.74, 6) is 1.31. The van der Waals surface area contributed by atoms with Crippen molar-refractivity contribution in [1.29, 1.82) is 0 Å². The highest BCUT2D eigenvalue weighted by Gasteiger charge is 2.18. The van der Waals surface area contributed by atoms with Crippen LogP contribution in [0, 0.1) is 0 Å². The lowest BCUT2D eigenvalue weighted by molar-refractivity contribution is 0.170. The summed E-state index contributed by atoms with van der Waals surface area (Å²) in [6, 6.07) is 2.20. The summed E-state index contributed by atoms with van der Waals surface area (Å²) in [5.41, 5.74) is 0.995. The molecule has 0 aliphatic carbocycles. The maximum Gasteiger partial charge on any atom is 0.133 e. The normalized spacial score (nSPS) is 12.5. The summed E-state index contributed by atoms with van der Waals surface area (Å²) in [7, 11) is 3.39. The SMILES string of the molecule is COCCN(c1ncc(Br)cc1CCl)C(C)COC. The van der Waals surface area contributed by atoms with Crippen molar-refractivity contribution in [1.82, 2.24) is 4.98 Å². The number of rotatable bonds is 8. The molecule has 0 spiro atoms. The molecule has 0 fully saturated rings. The Hall–Kier alpha value is -0.360. The molecule has 0 aliphatic heterocycles. The Morgan fingerprint density at radius 2 is 2.16 bits per heavy atom. The van der Waals surface area contributed by atoms with Gasteiger partial charge >= 0.3 is 0 Å². The minimum absolute atomic E-state index is 0.204. The zero-order valence-corrected chi connectivity index (χ0v) is 13.9. The second kappa shape index (κ2) is 8.74. The molecule has 0 saturated heterocycles. The van der Waals surface area contributed by atoms with Gasteiger partial charge in [0.15, 0.2) is 0 Å². The van der Waals surface area contributed by atoms with Gasteiger partial charge in [-0.05, 0) is 28.9 Å². The van der Waals surface area contributed by atoms with Gasteiger partial charge in [0.25, 0.3) is 0 Å². The first kappa shape index (κ1) is 16.7. The Morgan fingerprint density at radius 1 is 1.42 bits per heavy atom. The van der Waals surface area contributed by atoms with Crippen LogP contribution in [-0.2, 0) is 15.4 Å². The smallest absolute Gasteiger partial charge is 0.133 e. The first-order chi connectivity index (χ1) is 9.13. The summed E-state index contributed by atoms with van der Waals surface area (Å²) in [6.45, 7) is 4.11. The van der Waals surface area contributed by atoms with Crippen LogP contribution in [0.1, 0.15) is 12.5 Å². The number of alkyl halides is 1. The Kier molecular flexibility index (Phi) is 7.68. The fourth-order valence-electron chi connectivity index (χ4n) is 1.89. The predicted molar refractivity (Wildman–Crippen MR) is 82.1 cm³/mol. The average molecular weight is 352 g/mol. The number of anilines is 1. The molecule has 0 amide bonds. The van der Waals surface area contributed by atoms with Crippen LogP contribution in [0.3, 0.4) is 0 Å². The third-order valence-corrected chi connectivity index (χ3v) is 3.52. The highest BCUT2D eigenvalue weighted by atomic mass is 79.9. The highest BCUT2D eigenvalue weighted by molar-refractivity contribution is 9.10. The van der Waals surface area contributed by atoms with Crippen LogP contribution in [0.15, 0.2) is 16.7 Å². The topological polar surface area (TPSA) is 34.6 Å². The quantitative estimate of drug-likeness (QED) is 0.674. The molecule has 0 saturated carbocycles. The largest absolute Gasteiger partial charge is 0.383 e. The van der Waals surface area contributed by atoms with E-state index in [4.69, 9.17) is 21.1 Å². The molecule has 1 aromatic rings. The molecule has 1 atom stereocenters. The number of nitrogens with zero attached hydrogens (tertiary/aromatic N) is 2. The Morgan fingerprint density at radius 3 is 2.74 bits per heavy atom. The number of aromatic nitrogens is 1. The molecule has 108 valence electrons. The molecule has 0 aliphatic rings. The summed E-state index contributed by atoms with van der Waals surface area (Å²) in [4.78, 5) is 6.65. The maximum atomic E-state index is 6.01. The lowest BCUT2D eigenvalue weighted by Gasteiger charge is -2.31. The zero-order valence-electron chi connectivity index (χ0n) is 11.5. The van der Waals surface area contributed by atoms with Crippen molar-refractivity contribution in [2.24, 2.45) is 0 Å². The lowest BCUT2D eigenvalue weighted by Crippen LogP contribution is -2.39. The summed E-state index contributed by atoms with van der Waals surface area (Å²) in [5, 5.41) is 0. The number of ether oxygens (including phenoxy) is 2. The summed E-state index contributed by atoms with van der Waals surface area (Å²) < 4.78 is 11.3. The van der Waals surface area contributed by atoms with Crippen molar-refractivity contribution in [3.63, 3.8) is 0 Å². The molecule has 4 nitrogen and oxygen atoms in total. The first-order valence-corrected chi connectivity index (χ1v) is 7.41. The van der Waals surface area contributed by atoms with E-state index in [1.807, 2.05) is 6.07 Å². The van der Waals surface area contributed by atoms with Gasteiger partial charge in [0, 0.05) is 37.0 Å². The number of hydrogen-bond acceptors (Lipinski definition) is 4. The van der Waals surface area contributed by atoms with Crippen LogP contribution in [-0.4, -0.2) is 45.0 Å². The molecule has 1 rings (SSSR count). The maximum absolute atomic E-state index is 6.01. The predicted octanol–water partition coefficient (Wildman–Crippen LogP) is 3.07. The van der Waals surface area contributed by atoms with Crippen LogP contribution >= 0.6 is 27.5 Å². The van der Waals surface area contributed by atoms with Crippen LogP contribution < -0.4 is 4.90 Å². The van der Waals surface area contributed by atoms with E-state index in [-0.39, 0.29) is 6.04 Å². The van der Waals surface area contributed by atoms with Crippen molar-refractivity contribution in [2.45, 2.75) is 18.8 Å². The van der Waals surface area contributed by atoms with Gasteiger partial charge in [0.2, 0.25) is 0 Å². The van der Waals surface area contributed by atoms with Gasteiger partial charge < -0.3 is 14.4 Å². The molecule has 0 radical (unpaired) electrons. The van der Waals surface area contributed by atoms with E-state index in [2.05, 4.69) is 32.7 Å². The summed E-state index contributed by atoms with van der Waals surface area (Å²) >= 11 is 9.43. The minimum Gasteiger partial charge on any atom is -0.383 e. The molecule has 1 aromatic heterocycles. The fraction of sp³-hybridized carbons (Fsp3) is 0.615. The standard InChI is InChI=1S/C13H20BrClN2O2/c1-10(9-19-3)17(4-5-18-2)13-11(7-15)6-12(14)8-16-13/h6,8,10H,4-5,7,9H2,1-3H3. The van der Waals surface area contributed by atoms with Gasteiger partial charge in [0.05, 0.1) is 25.1 Å². The monoisotopic (exact) mass is 350 g/mol. The van der Waals surface area contributed by atoms with Gasteiger partial charge in [-0.1, -0.05) is 0 Å². The van der Waals surface area contributed by atoms with E-state index in [9.17, 15) is 0 Å². The molecule has 19 heavy (non-hydrogen) atoms. The molecular weight excluding hydrogens is 332 g/mol. The Labute approximate surface area is 128 Å². The van der Waals surface area contributed by atoms with Crippen molar-refractivity contribution in [3.05, 3.63) is 22.3 Å². The van der Waals surface area contributed by atoms with Crippen molar-refractivity contribution < 1.29 is 9.47 Å². The van der Waals surface area contributed by atoms with E-state index < -0.39 is 0 Å². The van der Waals surface area contributed by atoms with Gasteiger partial charge in [-0.2, -0.15) is 0 Å². The molecular formula is C13H20BrClN2O2.